The molecule has 0 bridgehead atoms. The summed E-state index contributed by atoms with van der Waals surface area (Å²) >= 11 is 0. The zero-order valence-corrected chi connectivity index (χ0v) is 15.7. The smallest absolute Gasteiger partial charge is 0.112 e. The minimum Gasteiger partial charge on any atom is -0.384 e. The third kappa shape index (κ3) is 4.19. The molecule has 1 N–H and O–H groups in total. The Morgan fingerprint density at radius 3 is 2.58 bits per heavy atom. The van der Waals surface area contributed by atoms with Gasteiger partial charge in [0.15, 0.2) is 0 Å². The molecule has 0 amide bonds. The molecule has 0 radical (unpaired) electrons. The maximum Gasteiger partial charge on any atom is 0.112 e. The lowest BCUT2D eigenvalue weighted by atomic mass is 9.91. The number of hydrogen-bond acceptors (Lipinski definition) is 4. The predicted octanol–water partition coefficient (Wildman–Crippen LogP) is 2.37. The third-order valence-corrected chi connectivity index (χ3v) is 5.57. The molecule has 0 aromatic carbocycles. The first-order valence-corrected chi connectivity index (χ1v) is 9.60. The zero-order chi connectivity index (χ0) is 17.0. The summed E-state index contributed by atoms with van der Waals surface area (Å²) in [6, 6.07) is 0. The van der Waals surface area contributed by atoms with Gasteiger partial charge in [-0.05, 0) is 51.9 Å². The lowest BCUT2D eigenvalue weighted by Crippen LogP contribution is -2.29. The average molecular weight is 335 g/mol. The van der Waals surface area contributed by atoms with E-state index in [1.54, 1.807) is 7.11 Å². The molecule has 2 saturated heterocycles. The zero-order valence-electron chi connectivity index (χ0n) is 15.7. The van der Waals surface area contributed by atoms with Crippen LogP contribution in [0.25, 0.3) is 0 Å². The molecule has 2 aliphatic heterocycles. The fourth-order valence-electron chi connectivity index (χ4n) is 4.03. The van der Waals surface area contributed by atoms with Crippen LogP contribution in [0.5, 0.6) is 0 Å². The van der Waals surface area contributed by atoms with Gasteiger partial charge in [0.1, 0.15) is 5.82 Å². The highest BCUT2D eigenvalue weighted by molar-refractivity contribution is 5.17. The maximum absolute atomic E-state index is 5.43. The van der Waals surface area contributed by atoms with Crippen LogP contribution >= 0.6 is 0 Å². The Kier molecular flexibility index (Phi) is 5.95. The number of methoxy groups -OCH3 is 1. The maximum atomic E-state index is 5.43. The number of nitrogens with one attached hydrogen (secondary N) is 1. The Hall–Kier alpha value is -0.910. The summed E-state index contributed by atoms with van der Waals surface area (Å²) in [5.41, 5.74) is 1.15. The number of rotatable bonds is 7. The van der Waals surface area contributed by atoms with Crippen LogP contribution in [-0.4, -0.2) is 60.9 Å². The van der Waals surface area contributed by atoms with Gasteiger partial charge in [-0.1, -0.05) is 13.8 Å². The molecule has 3 heterocycles. The molecular weight excluding hydrogens is 300 g/mol. The highest BCUT2D eigenvalue weighted by Crippen LogP contribution is 2.29. The van der Waals surface area contributed by atoms with Gasteiger partial charge in [0.2, 0.25) is 0 Å². The Balaban J connectivity index is 1.78. The first-order chi connectivity index (χ1) is 11.6. The van der Waals surface area contributed by atoms with Crippen LogP contribution in [0.3, 0.4) is 0 Å². The standard InChI is InChI=1S/C19H34N4O/c1-19(2,15-24-3)17-14-23(13-12-22-10-4-5-11-22)18(21-17)16-6-8-20-9-7-16/h14,16,20H,4-13,15H2,1-3H3. The Labute approximate surface area is 146 Å². The van der Waals surface area contributed by atoms with Gasteiger partial charge in [-0.15, -0.1) is 0 Å². The summed E-state index contributed by atoms with van der Waals surface area (Å²) in [7, 11) is 1.78. The first-order valence-electron chi connectivity index (χ1n) is 9.60. The van der Waals surface area contributed by atoms with Crippen molar-refractivity contribution in [3.8, 4) is 0 Å². The Morgan fingerprint density at radius 2 is 1.92 bits per heavy atom. The van der Waals surface area contributed by atoms with Gasteiger partial charge >= 0.3 is 0 Å². The van der Waals surface area contributed by atoms with Gasteiger partial charge in [-0.2, -0.15) is 0 Å². The van der Waals surface area contributed by atoms with Crippen molar-refractivity contribution in [1.29, 1.82) is 0 Å². The normalized spacial score (nSPS) is 20.8. The molecular formula is C19H34N4O. The van der Waals surface area contributed by atoms with Crippen LogP contribution < -0.4 is 5.32 Å². The van der Waals surface area contributed by atoms with Crippen LogP contribution in [0.1, 0.15) is 57.0 Å². The van der Waals surface area contributed by atoms with Crippen LogP contribution in [0.15, 0.2) is 6.20 Å². The van der Waals surface area contributed by atoms with Crippen molar-refractivity contribution < 1.29 is 4.74 Å². The van der Waals surface area contributed by atoms with E-state index in [4.69, 9.17) is 9.72 Å². The van der Waals surface area contributed by atoms with Gasteiger partial charge in [-0.3, -0.25) is 0 Å². The van der Waals surface area contributed by atoms with Gasteiger partial charge < -0.3 is 19.5 Å². The van der Waals surface area contributed by atoms with E-state index in [0.717, 1.165) is 26.2 Å². The number of hydrogen-bond donors (Lipinski definition) is 1. The fraction of sp³-hybridized carbons (Fsp3) is 0.842. The summed E-state index contributed by atoms with van der Waals surface area (Å²) < 4.78 is 7.87. The van der Waals surface area contributed by atoms with E-state index in [0.29, 0.717) is 12.5 Å². The van der Waals surface area contributed by atoms with Gasteiger partial charge in [0.05, 0.1) is 12.3 Å². The number of piperidine rings is 1. The Morgan fingerprint density at radius 1 is 1.21 bits per heavy atom. The van der Waals surface area contributed by atoms with E-state index < -0.39 is 0 Å². The predicted molar refractivity (Wildman–Crippen MR) is 97.6 cm³/mol. The summed E-state index contributed by atoms with van der Waals surface area (Å²) in [6.45, 7) is 12.1. The molecule has 136 valence electrons. The molecule has 2 aliphatic rings. The Bertz CT molecular complexity index is 513. The molecule has 0 atom stereocenters. The van der Waals surface area contributed by atoms with E-state index in [1.165, 1.54) is 50.3 Å². The van der Waals surface area contributed by atoms with Crippen molar-refractivity contribution in [3.05, 3.63) is 17.7 Å². The molecule has 0 unspecified atom stereocenters. The van der Waals surface area contributed by atoms with Crippen molar-refractivity contribution in [2.75, 3.05) is 46.4 Å². The van der Waals surface area contributed by atoms with Crippen LogP contribution in [0, 0.1) is 0 Å². The van der Waals surface area contributed by atoms with E-state index in [2.05, 4.69) is 34.8 Å². The highest BCUT2D eigenvalue weighted by Gasteiger charge is 2.28. The fourth-order valence-corrected chi connectivity index (χ4v) is 4.03. The van der Waals surface area contributed by atoms with E-state index in [1.807, 2.05) is 0 Å². The van der Waals surface area contributed by atoms with E-state index >= 15 is 0 Å². The van der Waals surface area contributed by atoms with Crippen molar-refractivity contribution in [2.45, 2.75) is 57.4 Å². The molecule has 3 rings (SSSR count). The third-order valence-electron chi connectivity index (χ3n) is 5.57. The second-order valence-electron chi connectivity index (χ2n) is 8.07. The lowest BCUT2D eigenvalue weighted by molar-refractivity contribution is 0.144. The van der Waals surface area contributed by atoms with Crippen molar-refractivity contribution >= 4 is 0 Å². The van der Waals surface area contributed by atoms with E-state index in [9.17, 15) is 0 Å². The summed E-state index contributed by atoms with van der Waals surface area (Å²) in [5, 5.41) is 3.47. The minimum atomic E-state index is -0.0324. The van der Waals surface area contributed by atoms with Crippen molar-refractivity contribution in [1.82, 2.24) is 19.8 Å². The number of nitrogens with zero attached hydrogens (tertiary/aromatic N) is 3. The minimum absolute atomic E-state index is 0.0324. The molecule has 24 heavy (non-hydrogen) atoms. The SMILES string of the molecule is COCC(C)(C)c1cn(CCN2CCCC2)c(C2CCNCC2)n1. The molecule has 0 saturated carbocycles. The van der Waals surface area contributed by atoms with Gasteiger partial charge in [0, 0.05) is 37.7 Å². The number of aromatic nitrogens is 2. The summed E-state index contributed by atoms with van der Waals surface area (Å²) in [5.74, 6) is 1.90. The average Bonchev–Trinajstić information content (AvgIpc) is 3.23. The first kappa shape index (κ1) is 17.9. The number of ether oxygens (including phenoxy) is 1. The second kappa shape index (κ2) is 7.98. The summed E-state index contributed by atoms with van der Waals surface area (Å²) in [4.78, 5) is 7.70. The van der Waals surface area contributed by atoms with Gasteiger partial charge in [0.25, 0.3) is 0 Å². The van der Waals surface area contributed by atoms with Crippen molar-refractivity contribution in [3.63, 3.8) is 0 Å². The molecule has 5 heteroatoms. The molecule has 5 nitrogen and oxygen atoms in total. The molecule has 1 aromatic rings. The summed E-state index contributed by atoms with van der Waals surface area (Å²) in [6.07, 6.45) is 7.41. The van der Waals surface area contributed by atoms with Gasteiger partial charge in [-0.25, -0.2) is 4.98 Å². The topological polar surface area (TPSA) is 42.3 Å². The largest absolute Gasteiger partial charge is 0.384 e. The number of likely N-dealkylation sites (tertiary alicyclic amines) is 1. The second-order valence-corrected chi connectivity index (χ2v) is 8.07. The van der Waals surface area contributed by atoms with Crippen LogP contribution in [0.2, 0.25) is 0 Å². The molecule has 2 fully saturated rings. The molecule has 0 spiro atoms. The quantitative estimate of drug-likeness (QED) is 0.831. The molecule has 0 aliphatic carbocycles. The molecule has 1 aromatic heterocycles. The lowest BCUT2D eigenvalue weighted by Gasteiger charge is -2.24. The van der Waals surface area contributed by atoms with E-state index in [-0.39, 0.29) is 5.41 Å². The van der Waals surface area contributed by atoms with Crippen LogP contribution in [0.4, 0.5) is 0 Å². The van der Waals surface area contributed by atoms with Crippen LogP contribution in [-0.2, 0) is 16.7 Å². The number of imidazole rings is 1. The highest BCUT2D eigenvalue weighted by atomic mass is 16.5. The van der Waals surface area contributed by atoms with Crippen molar-refractivity contribution in [2.24, 2.45) is 0 Å². The monoisotopic (exact) mass is 334 g/mol.